The Morgan fingerprint density at radius 2 is 1.73 bits per heavy atom. The number of hydrogen-bond donors (Lipinski definition) is 3. The normalized spacial score (nSPS) is 16.8. The average molecular weight is 427 g/mol. The first kappa shape index (κ1) is 19.0. The van der Waals surface area contributed by atoms with Crippen molar-refractivity contribution in [1.29, 1.82) is 0 Å². The number of allylic oxidation sites excluding steroid dienone is 1. The van der Waals surface area contributed by atoms with Crippen molar-refractivity contribution in [3.05, 3.63) is 74.4 Å². The molecule has 1 heterocycles. The lowest BCUT2D eigenvalue weighted by molar-refractivity contribution is -0.113. The van der Waals surface area contributed by atoms with Gasteiger partial charge in [-0.1, -0.05) is 46.9 Å². The summed E-state index contributed by atoms with van der Waals surface area (Å²) >= 11 is 23.3. The number of carbonyl (C=O) groups excluding carboxylic acids is 1. The molecule has 4 nitrogen and oxygen atoms in total. The maximum absolute atomic E-state index is 13.0. The fourth-order valence-corrected chi connectivity index (χ4v) is 3.53. The standard InChI is InChI=1S/C18H14Cl3N3OS/c1-9-15(17(25)23-14-7-6-12(20)8-13(14)21)16(24-18(26)22-9)10-2-4-11(19)5-3-10/h2-8,16H,1H3,(H,23,25)(H2,22,24,26)/t16-/m1/s1. The molecule has 0 unspecified atom stereocenters. The second-order valence-corrected chi connectivity index (χ2v) is 7.39. The third-order valence-electron chi connectivity index (χ3n) is 3.90. The Morgan fingerprint density at radius 3 is 2.38 bits per heavy atom. The molecule has 134 valence electrons. The highest BCUT2D eigenvalue weighted by molar-refractivity contribution is 7.80. The van der Waals surface area contributed by atoms with Crippen LogP contribution < -0.4 is 16.0 Å². The van der Waals surface area contributed by atoms with Gasteiger partial charge in [0.2, 0.25) is 0 Å². The van der Waals surface area contributed by atoms with Gasteiger partial charge in [-0.2, -0.15) is 0 Å². The molecule has 1 atom stereocenters. The summed E-state index contributed by atoms with van der Waals surface area (Å²) in [5, 5.41) is 10.9. The summed E-state index contributed by atoms with van der Waals surface area (Å²) in [6.45, 7) is 1.80. The third-order valence-corrected chi connectivity index (χ3v) is 4.92. The summed E-state index contributed by atoms with van der Waals surface area (Å²) in [6, 6.07) is 11.7. The van der Waals surface area contributed by atoms with Crippen molar-refractivity contribution in [1.82, 2.24) is 10.6 Å². The van der Waals surface area contributed by atoms with Crippen LogP contribution in [0.1, 0.15) is 18.5 Å². The lowest BCUT2D eigenvalue weighted by Crippen LogP contribution is -2.45. The summed E-state index contributed by atoms with van der Waals surface area (Å²) in [6.07, 6.45) is 0. The van der Waals surface area contributed by atoms with Crippen LogP contribution in [0.15, 0.2) is 53.7 Å². The minimum absolute atomic E-state index is 0.297. The molecule has 0 fully saturated rings. The van der Waals surface area contributed by atoms with Gasteiger partial charge in [0, 0.05) is 15.7 Å². The van der Waals surface area contributed by atoms with Crippen LogP contribution in [0.5, 0.6) is 0 Å². The SMILES string of the molecule is CC1=C(C(=O)Nc2ccc(Cl)cc2Cl)[C@@H](c2ccc(Cl)cc2)NC(=S)N1. The van der Waals surface area contributed by atoms with E-state index in [1.54, 1.807) is 37.3 Å². The topological polar surface area (TPSA) is 53.2 Å². The molecule has 0 aromatic heterocycles. The van der Waals surface area contributed by atoms with E-state index < -0.39 is 6.04 Å². The summed E-state index contributed by atoms with van der Waals surface area (Å²) in [7, 11) is 0. The zero-order valence-electron chi connectivity index (χ0n) is 13.6. The zero-order valence-corrected chi connectivity index (χ0v) is 16.7. The minimum atomic E-state index is -0.410. The Kier molecular flexibility index (Phi) is 5.73. The molecule has 0 saturated carbocycles. The second kappa shape index (κ2) is 7.84. The van der Waals surface area contributed by atoms with Gasteiger partial charge in [0.1, 0.15) is 0 Å². The van der Waals surface area contributed by atoms with Crippen LogP contribution in [-0.2, 0) is 4.79 Å². The molecular weight excluding hydrogens is 413 g/mol. The number of carbonyl (C=O) groups is 1. The van der Waals surface area contributed by atoms with Crippen molar-refractivity contribution in [3.63, 3.8) is 0 Å². The summed E-state index contributed by atoms with van der Waals surface area (Å²) in [5.74, 6) is -0.297. The van der Waals surface area contributed by atoms with Gasteiger partial charge in [-0.15, -0.1) is 0 Å². The number of thiocarbonyl (C=S) groups is 1. The van der Waals surface area contributed by atoms with Gasteiger partial charge < -0.3 is 16.0 Å². The molecule has 0 spiro atoms. The smallest absolute Gasteiger partial charge is 0.255 e. The Bertz CT molecular complexity index is 912. The van der Waals surface area contributed by atoms with Gasteiger partial charge in [0.05, 0.1) is 22.3 Å². The van der Waals surface area contributed by atoms with Gasteiger partial charge in [0.15, 0.2) is 5.11 Å². The molecule has 2 aromatic carbocycles. The van der Waals surface area contributed by atoms with Gasteiger partial charge in [0.25, 0.3) is 5.91 Å². The first-order valence-electron chi connectivity index (χ1n) is 7.65. The van der Waals surface area contributed by atoms with Crippen LogP contribution in [0, 0.1) is 0 Å². The molecule has 3 rings (SSSR count). The highest BCUT2D eigenvalue weighted by Gasteiger charge is 2.30. The van der Waals surface area contributed by atoms with Crippen LogP contribution in [0.2, 0.25) is 15.1 Å². The van der Waals surface area contributed by atoms with Gasteiger partial charge in [-0.3, -0.25) is 4.79 Å². The van der Waals surface area contributed by atoms with Crippen LogP contribution in [-0.4, -0.2) is 11.0 Å². The molecule has 1 aliphatic rings. The van der Waals surface area contributed by atoms with Crippen LogP contribution in [0.3, 0.4) is 0 Å². The quantitative estimate of drug-likeness (QED) is 0.599. The van der Waals surface area contributed by atoms with Crippen molar-refractivity contribution in [2.24, 2.45) is 0 Å². The molecule has 3 N–H and O–H groups in total. The van der Waals surface area contributed by atoms with E-state index in [1.807, 2.05) is 12.1 Å². The van der Waals surface area contributed by atoms with E-state index in [2.05, 4.69) is 16.0 Å². The fourth-order valence-electron chi connectivity index (χ4n) is 2.68. The monoisotopic (exact) mass is 425 g/mol. The average Bonchev–Trinajstić information content (AvgIpc) is 2.57. The fraction of sp³-hybridized carbons (Fsp3) is 0.111. The number of amides is 1. The summed E-state index contributed by atoms with van der Waals surface area (Å²) in [4.78, 5) is 13.0. The Labute approximate surface area is 171 Å². The Hall–Kier alpha value is -1.79. The molecule has 26 heavy (non-hydrogen) atoms. The molecule has 0 bridgehead atoms. The van der Waals surface area contributed by atoms with Crippen molar-refractivity contribution >= 4 is 63.7 Å². The van der Waals surface area contributed by atoms with E-state index in [-0.39, 0.29) is 5.91 Å². The van der Waals surface area contributed by atoms with Crippen molar-refractivity contribution in [3.8, 4) is 0 Å². The van der Waals surface area contributed by atoms with E-state index >= 15 is 0 Å². The molecule has 1 aliphatic heterocycles. The van der Waals surface area contributed by atoms with E-state index in [9.17, 15) is 4.79 Å². The Morgan fingerprint density at radius 1 is 1.08 bits per heavy atom. The van der Waals surface area contributed by atoms with E-state index in [0.717, 1.165) is 5.56 Å². The molecule has 8 heteroatoms. The predicted molar refractivity (Wildman–Crippen MR) is 111 cm³/mol. The zero-order chi connectivity index (χ0) is 18.8. The highest BCUT2D eigenvalue weighted by Crippen LogP contribution is 2.30. The summed E-state index contributed by atoms with van der Waals surface area (Å²) in [5.41, 5.74) is 2.51. The van der Waals surface area contributed by atoms with Crippen LogP contribution in [0.4, 0.5) is 5.69 Å². The molecule has 0 aliphatic carbocycles. The van der Waals surface area contributed by atoms with Crippen LogP contribution >= 0.6 is 47.0 Å². The maximum Gasteiger partial charge on any atom is 0.255 e. The molecule has 0 saturated heterocycles. The van der Waals surface area contributed by atoms with Gasteiger partial charge >= 0.3 is 0 Å². The third kappa shape index (κ3) is 4.13. The molecular formula is C18H14Cl3N3OS. The summed E-state index contributed by atoms with van der Waals surface area (Å²) < 4.78 is 0. The van der Waals surface area contributed by atoms with Gasteiger partial charge in [-0.05, 0) is 55.0 Å². The van der Waals surface area contributed by atoms with Gasteiger partial charge in [-0.25, -0.2) is 0 Å². The largest absolute Gasteiger partial charge is 0.351 e. The van der Waals surface area contributed by atoms with Crippen molar-refractivity contribution in [2.45, 2.75) is 13.0 Å². The van der Waals surface area contributed by atoms with Crippen LogP contribution in [0.25, 0.3) is 0 Å². The molecule has 0 radical (unpaired) electrons. The van der Waals surface area contributed by atoms with Crippen molar-refractivity contribution in [2.75, 3.05) is 5.32 Å². The number of anilines is 1. The van der Waals surface area contributed by atoms with E-state index in [0.29, 0.717) is 37.1 Å². The first-order chi connectivity index (χ1) is 12.3. The molecule has 1 amide bonds. The lowest BCUT2D eigenvalue weighted by Gasteiger charge is -2.30. The number of hydrogen-bond acceptors (Lipinski definition) is 2. The second-order valence-electron chi connectivity index (χ2n) is 5.70. The molecule has 2 aromatic rings. The van der Waals surface area contributed by atoms with E-state index in [4.69, 9.17) is 47.0 Å². The Balaban J connectivity index is 1.95. The maximum atomic E-state index is 13.0. The predicted octanol–water partition coefficient (Wildman–Crippen LogP) is 5.08. The van der Waals surface area contributed by atoms with E-state index in [1.165, 1.54) is 0 Å². The lowest BCUT2D eigenvalue weighted by atomic mass is 9.95. The number of rotatable bonds is 3. The number of nitrogens with one attached hydrogen (secondary N) is 3. The highest BCUT2D eigenvalue weighted by atomic mass is 35.5. The number of halogens is 3. The minimum Gasteiger partial charge on any atom is -0.351 e. The number of benzene rings is 2. The van der Waals surface area contributed by atoms with Crippen molar-refractivity contribution < 1.29 is 4.79 Å². The first-order valence-corrected chi connectivity index (χ1v) is 9.19.